The van der Waals surface area contributed by atoms with E-state index in [0.717, 1.165) is 55.4 Å². The first-order valence-corrected chi connectivity index (χ1v) is 16.6. The molecule has 1 saturated carbocycles. The average molecular weight is 591 g/mol. The van der Waals surface area contributed by atoms with Crippen molar-refractivity contribution in [3.63, 3.8) is 0 Å². The van der Waals surface area contributed by atoms with Crippen LogP contribution in [0.4, 0.5) is 4.79 Å². The lowest BCUT2D eigenvalue weighted by atomic mass is 9.64. The molecule has 2 aliphatic heterocycles. The predicted molar refractivity (Wildman–Crippen MR) is 176 cm³/mol. The lowest BCUT2D eigenvalue weighted by Gasteiger charge is -2.45. The van der Waals surface area contributed by atoms with Crippen molar-refractivity contribution in [3.05, 3.63) is 102 Å². The first-order chi connectivity index (χ1) is 21.4. The third kappa shape index (κ3) is 5.77. The SMILES string of the molecule is Cc1nc2ccccc2n1C1C[C@H]2CC[C@@](CCC3(c4ccccc4)CCC(OC(=O)N(C)Cc4ccccc4)CC3)(C1)N2. The van der Waals surface area contributed by atoms with Crippen LogP contribution < -0.4 is 5.32 Å². The molecule has 3 atom stereocenters. The summed E-state index contributed by atoms with van der Waals surface area (Å²) in [5, 5.41) is 4.13. The van der Waals surface area contributed by atoms with Gasteiger partial charge in [-0.1, -0.05) is 72.8 Å². The van der Waals surface area contributed by atoms with Crippen LogP contribution in [0, 0.1) is 6.92 Å². The molecule has 7 rings (SSSR count). The van der Waals surface area contributed by atoms with Crippen LogP contribution >= 0.6 is 0 Å². The molecule has 6 nitrogen and oxygen atoms in total. The summed E-state index contributed by atoms with van der Waals surface area (Å²) in [6.07, 6.45) is 10.8. The second-order valence-electron chi connectivity index (χ2n) is 13.8. The predicted octanol–water partition coefficient (Wildman–Crippen LogP) is 8.10. The Hall–Kier alpha value is -3.64. The molecule has 3 fully saturated rings. The summed E-state index contributed by atoms with van der Waals surface area (Å²) in [7, 11) is 1.83. The van der Waals surface area contributed by atoms with Gasteiger partial charge >= 0.3 is 6.09 Å². The van der Waals surface area contributed by atoms with E-state index in [4.69, 9.17) is 9.72 Å². The average Bonchev–Trinajstić information content (AvgIpc) is 3.56. The van der Waals surface area contributed by atoms with E-state index in [1.807, 2.05) is 37.4 Å². The number of piperidine rings is 1. The quantitative estimate of drug-likeness (QED) is 0.225. The highest BCUT2D eigenvalue weighted by Gasteiger charge is 2.48. The van der Waals surface area contributed by atoms with Crippen molar-refractivity contribution >= 4 is 17.1 Å². The van der Waals surface area contributed by atoms with Crippen molar-refractivity contribution in [1.29, 1.82) is 0 Å². The number of para-hydroxylation sites is 2. The molecular formula is C38H46N4O2. The van der Waals surface area contributed by atoms with Gasteiger partial charge in [0.1, 0.15) is 11.9 Å². The number of amides is 1. The molecule has 6 heteroatoms. The topological polar surface area (TPSA) is 59.4 Å². The zero-order chi connectivity index (χ0) is 30.1. The third-order valence-corrected chi connectivity index (χ3v) is 11.0. The fourth-order valence-corrected chi connectivity index (χ4v) is 8.72. The van der Waals surface area contributed by atoms with Gasteiger partial charge in [-0.3, -0.25) is 0 Å². The number of carbonyl (C=O) groups excluding carboxylic acids is 1. The number of nitrogens with zero attached hydrogens (tertiary/aromatic N) is 3. The van der Waals surface area contributed by atoms with Crippen molar-refractivity contribution in [1.82, 2.24) is 19.8 Å². The van der Waals surface area contributed by atoms with E-state index in [2.05, 4.69) is 71.4 Å². The molecule has 3 aliphatic rings. The summed E-state index contributed by atoms with van der Waals surface area (Å²) in [5.41, 5.74) is 5.21. The number of benzene rings is 3. The molecule has 3 heterocycles. The van der Waals surface area contributed by atoms with E-state index in [0.29, 0.717) is 18.6 Å². The van der Waals surface area contributed by atoms with Gasteiger partial charge in [-0.2, -0.15) is 0 Å². The highest BCUT2D eigenvalue weighted by atomic mass is 16.6. The van der Waals surface area contributed by atoms with Gasteiger partial charge in [0.15, 0.2) is 0 Å². The molecule has 0 radical (unpaired) electrons. The van der Waals surface area contributed by atoms with E-state index in [1.165, 1.54) is 36.8 Å². The number of hydrogen-bond donors (Lipinski definition) is 1. The molecule has 3 aromatic carbocycles. The molecule has 2 saturated heterocycles. The zero-order valence-electron chi connectivity index (χ0n) is 26.3. The molecule has 0 spiro atoms. The Labute approximate surface area is 261 Å². The Morgan fingerprint density at radius 3 is 2.41 bits per heavy atom. The minimum atomic E-state index is -0.221. The summed E-state index contributed by atoms with van der Waals surface area (Å²) < 4.78 is 8.60. The largest absolute Gasteiger partial charge is 0.446 e. The van der Waals surface area contributed by atoms with E-state index < -0.39 is 0 Å². The van der Waals surface area contributed by atoms with Crippen LogP contribution in [0.3, 0.4) is 0 Å². The molecule has 44 heavy (non-hydrogen) atoms. The van der Waals surface area contributed by atoms with E-state index in [9.17, 15) is 4.79 Å². The van der Waals surface area contributed by atoms with Gasteiger partial charge in [0.2, 0.25) is 0 Å². The summed E-state index contributed by atoms with van der Waals surface area (Å²) in [5.74, 6) is 1.13. The van der Waals surface area contributed by atoms with Crippen LogP contribution in [-0.2, 0) is 16.7 Å². The molecule has 1 unspecified atom stereocenters. The van der Waals surface area contributed by atoms with Crippen LogP contribution in [0.5, 0.6) is 0 Å². The van der Waals surface area contributed by atoms with E-state index in [-0.39, 0.29) is 23.2 Å². The minimum absolute atomic E-state index is 0.0266. The Balaban J connectivity index is 1.04. The molecule has 4 aromatic rings. The van der Waals surface area contributed by atoms with Crippen LogP contribution in [-0.4, -0.2) is 45.3 Å². The van der Waals surface area contributed by atoms with E-state index in [1.54, 1.807) is 4.90 Å². The zero-order valence-corrected chi connectivity index (χ0v) is 26.3. The molecule has 1 aromatic heterocycles. The first kappa shape index (κ1) is 29.1. The minimum Gasteiger partial charge on any atom is -0.446 e. The second-order valence-corrected chi connectivity index (χ2v) is 13.8. The molecule has 1 aliphatic carbocycles. The van der Waals surface area contributed by atoms with Gasteiger partial charge in [0.05, 0.1) is 11.0 Å². The normalized spacial score (nSPS) is 28.2. The van der Waals surface area contributed by atoms with Gasteiger partial charge < -0.3 is 19.5 Å². The van der Waals surface area contributed by atoms with Gasteiger partial charge in [0, 0.05) is 31.2 Å². The smallest absolute Gasteiger partial charge is 0.410 e. The number of imidazole rings is 1. The fraction of sp³-hybridized carbons (Fsp3) is 0.474. The number of rotatable bonds is 8. The molecular weight excluding hydrogens is 544 g/mol. The lowest BCUT2D eigenvalue weighted by molar-refractivity contribution is 0.0327. The van der Waals surface area contributed by atoms with Gasteiger partial charge in [-0.05, 0) is 99.8 Å². The second kappa shape index (κ2) is 12.0. The van der Waals surface area contributed by atoms with Crippen LogP contribution in [0.2, 0.25) is 0 Å². The number of nitrogens with one attached hydrogen (secondary N) is 1. The Kier molecular flexibility index (Phi) is 7.96. The summed E-state index contributed by atoms with van der Waals surface area (Å²) in [4.78, 5) is 19.6. The number of aryl methyl sites for hydroxylation is 1. The van der Waals surface area contributed by atoms with Crippen LogP contribution in [0.15, 0.2) is 84.9 Å². The third-order valence-electron chi connectivity index (χ3n) is 11.0. The molecule has 1 amide bonds. The maximum Gasteiger partial charge on any atom is 0.410 e. The Morgan fingerprint density at radius 2 is 1.64 bits per heavy atom. The number of ether oxygens (including phenoxy) is 1. The highest BCUT2D eigenvalue weighted by molar-refractivity contribution is 5.76. The molecule has 1 N–H and O–H groups in total. The Morgan fingerprint density at radius 1 is 0.932 bits per heavy atom. The molecule has 2 bridgehead atoms. The lowest BCUT2D eigenvalue weighted by Crippen LogP contribution is -2.51. The summed E-state index contributed by atoms with van der Waals surface area (Å²) >= 11 is 0. The Bertz CT molecular complexity index is 1580. The summed E-state index contributed by atoms with van der Waals surface area (Å²) in [6, 6.07) is 30.9. The van der Waals surface area contributed by atoms with Gasteiger partial charge in [-0.15, -0.1) is 0 Å². The number of hydrogen-bond acceptors (Lipinski definition) is 4. The monoisotopic (exact) mass is 590 g/mol. The standard InChI is InChI=1S/C38H46N4O2/c1-28-39-34-15-9-10-16-35(34)42(28)32-25-31-17-22-38(26-32,40-31)24-23-37(30-13-7-4-8-14-30)20-18-33(19-21-37)44-36(43)41(2)27-29-11-5-3-6-12-29/h3-16,31-33,40H,17-27H2,1-2H3/t31-,32?,33?,37?,38-/m1/s1. The maximum atomic E-state index is 13.0. The maximum absolute atomic E-state index is 13.0. The fourth-order valence-electron chi connectivity index (χ4n) is 8.72. The van der Waals surface area contributed by atoms with Crippen LogP contribution in [0.25, 0.3) is 11.0 Å². The van der Waals surface area contributed by atoms with Crippen molar-refractivity contribution in [2.45, 2.75) is 107 Å². The summed E-state index contributed by atoms with van der Waals surface area (Å²) in [6.45, 7) is 2.73. The van der Waals surface area contributed by atoms with Crippen molar-refractivity contribution in [2.75, 3.05) is 7.05 Å². The molecule has 230 valence electrons. The highest BCUT2D eigenvalue weighted by Crippen LogP contribution is 2.49. The number of aromatic nitrogens is 2. The van der Waals surface area contributed by atoms with Crippen molar-refractivity contribution in [3.8, 4) is 0 Å². The van der Waals surface area contributed by atoms with Gasteiger partial charge in [-0.25, -0.2) is 9.78 Å². The van der Waals surface area contributed by atoms with E-state index >= 15 is 0 Å². The van der Waals surface area contributed by atoms with Crippen molar-refractivity contribution < 1.29 is 9.53 Å². The number of fused-ring (bicyclic) bond motifs is 3. The number of carbonyl (C=O) groups is 1. The van der Waals surface area contributed by atoms with Gasteiger partial charge in [0.25, 0.3) is 0 Å². The first-order valence-electron chi connectivity index (χ1n) is 16.6. The van der Waals surface area contributed by atoms with Crippen molar-refractivity contribution in [2.24, 2.45) is 0 Å². The van der Waals surface area contributed by atoms with Crippen LogP contribution in [0.1, 0.15) is 87.2 Å².